The van der Waals surface area contributed by atoms with Crippen molar-refractivity contribution < 1.29 is 9.90 Å². The fourth-order valence-electron chi connectivity index (χ4n) is 2.35. The van der Waals surface area contributed by atoms with Crippen LogP contribution in [0.25, 0.3) is 16.6 Å². The second-order valence-corrected chi connectivity index (χ2v) is 4.15. The SMILES string of the molecule is CCc1c(C(=O)O)nc2ccc3ccccc3n12. The van der Waals surface area contributed by atoms with Gasteiger partial charge in [0.05, 0.1) is 11.2 Å². The van der Waals surface area contributed by atoms with Crippen molar-refractivity contribution in [3.63, 3.8) is 0 Å². The minimum atomic E-state index is -0.973. The van der Waals surface area contributed by atoms with Crippen molar-refractivity contribution in [2.24, 2.45) is 0 Å². The number of aromatic carboxylic acids is 1. The zero-order chi connectivity index (χ0) is 12.7. The molecular weight excluding hydrogens is 228 g/mol. The van der Waals surface area contributed by atoms with Crippen LogP contribution in [0.1, 0.15) is 23.1 Å². The van der Waals surface area contributed by atoms with Gasteiger partial charge in [-0.2, -0.15) is 0 Å². The summed E-state index contributed by atoms with van der Waals surface area (Å²) >= 11 is 0. The number of aromatic nitrogens is 2. The molecule has 3 aromatic rings. The van der Waals surface area contributed by atoms with Gasteiger partial charge >= 0.3 is 5.97 Å². The van der Waals surface area contributed by atoms with Crippen LogP contribution in [0, 0.1) is 0 Å². The van der Waals surface area contributed by atoms with Gasteiger partial charge in [-0.1, -0.05) is 25.1 Å². The molecule has 0 aliphatic carbocycles. The van der Waals surface area contributed by atoms with E-state index in [0.29, 0.717) is 12.1 Å². The quantitative estimate of drug-likeness (QED) is 0.749. The summed E-state index contributed by atoms with van der Waals surface area (Å²) in [6.07, 6.45) is 0.636. The first kappa shape index (κ1) is 10.8. The lowest BCUT2D eigenvalue weighted by Crippen LogP contribution is -2.02. The van der Waals surface area contributed by atoms with Gasteiger partial charge in [-0.25, -0.2) is 9.78 Å². The lowest BCUT2D eigenvalue weighted by atomic mass is 10.2. The van der Waals surface area contributed by atoms with Crippen LogP contribution in [-0.4, -0.2) is 20.5 Å². The summed E-state index contributed by atoms with van der Waals surface area (Å²) in [6.45, 7) is 1.94. The molecule has 0 radical (unpaired) electrons. The summed E-state index contributed by atoms with van der Waals surface area (Å²) in [6, 6.07) is 11.7. The monoisotopic (exact) mass is 240 g/mol. The van der Waals surface area contributed by atoms with Gasteiger partial charge in [-0.15, -0.1) is 0 Å². The highest BCUT2D eigenvalue weighted by atomic mass is 16.4. The van der Waals surface area contributed by atoms with Crippen LogP contribution in [0.4, 0.5) is 0 Å². The molecule has 0 aliphatic heterocycles. The maximum Gasteiger partial charge on any atom is 0.356 e. The third kappa shape index (κ3) is 1.39. The lowest BCUT2D eigenvalue weighted by molar-refractivity contribution is 0.0690. The number of carbonyl (C=O) groups is 1. The van der Waals surface area contributed by atoms with Gasteiger partial charge in [0, 0.05) is 0 Å². The molecule has 0 saturated heterocycles. The topological polar surface area (TPSA) is 54.6 Å². The van der Waals surface area contributed by atoms with Crippen molar-refractivity contribution in [3.8, 4) is 0 Å². The number of carboxylic acids is 1. The minimum absolute atomic E-state index is 0.147. The molecule has 4 heteroatoms. The van der Waals surface area contributed by atoms with Gasteiger partial charge in [0.15, 0.2) is 5.69 Å². The number of carboxylic acid groups (broad SMARTS) is 1. The number of rotatable bonds is 2. The van der Waals surface area contributed by atoms with E-state index in [4.69, 9.17) is 0 Å². The fourth-order valence-corrected chi connectivity index (χ4v) is 2.35. The minimum Gasteiger partial charge on any atom is -0.476 e. The van der Waals surface area contributed by atoms with Crippen molar-refractivity contribution in [2.75, 3.05) is 0 Å². The van der Waals surface area contributed by atoms with E-state index in [9.17, 15) is 9.90 Å². The average molecular weight is 240 g/mol. The van der Waals surface area contributed by atoms with Crippen molar-refractivity contribution in [3.05, 3.63) is 47.8 Å². The van der Waals surface area contributed by atoms with Crippen LogP contribution < -0.4 is 0 Å². The van der Waals surface area contributed by atoms with Crippen LogP contribution >= 0.6 is 0 Å². The van der Waals surface area contributed by atoms with E-state index in [2.05, 4.69) is 4.98 Å². The van der Waals surface area contributed by atoms with E-state index in [0.717, 1.165) is 16.6 Å². The molecule has 0 spiro atoms. The number of pyridine rings is 1. The molecule has 1 aromatic carbocycles. The number of imidazole rings is 1. The first-order valence-electron chi connectivity index (χ1n) is 5.84. The van der Waals surface area contributed by atoms with Crippen LogP contribution in [-0.2, 0) is 6.42 Å². The molecule has 4 nitrogen and oxygen atoms in total. The van der Waals surface area contributed by atoms with E-state index in [-0.39, 0.29) is 5.69 Å². The third-order valence-electron chi connectivity index (χ3n) is 3.13. The molecule has 3 rings (SSSR count). The molecule has 0 atom stereocenters. The molecule has 90 valence electrons. The van der Waals surface area contributed by atoms with E-state index in [1.54, 1.807) is 0 Å². The second-order valence-electron chi connectivity index (χ2n) is 4.15. The molecule has 18 heavy (non-hydrogen) atoms. The molecule has 0 fully saturated rings. The Labute approximate surface area is 104 Å². The summed E-state index contributed by atoms with van der Waals surface area (Å²) in [5.74, 6) is -0.973. The summed E-state index contributed by atoms with van der Waals surface area (Å²) in [5.41, 5.74) is 2.57. The highest BCUT2D eigenvalue weighted by Gasteiger charge is 2.17. The number of nitrogens with zero attached hydrogens (tertiary/aromatic N) is 2. The number of aryl methyl sites for hydroxylation is 1. The fraction of sp³-hybridized carbons (Fsp3) is 0.143. The molecule has 0 amide bonds. The largest absolute Gasteiger partial charge is 0.476 e. The standard InChI is InChI=1S/C14H12N2O2/c1-2-10-13(14(17)18)15-12-8-7-9-5-3-4-6-11(9)16(10)12/h3-8H,2H2,1H3,(H,17,18). The predicted molar refractivity (Wildman–Crippen MR) is 69.0 cm³/mol. The Morgan fingerprint density at radius 3 is 2.78 bits per heavy atom. The second kappa shape index (κ2) is 3.84. The van der Waals surface area contributed by atoms with Gasteiger partial charge in [0.1, 0.15) is 5.65 Å². The van der Waals surface area contributed by atoms with Crippen molar-refractivity contribution >= 4 is 22.5 Å². The summed E-state index contributed by atoms with van der Waals surface area (Å²) in [5, 5.41) is 10.3. The molecule has 0 saturated carbocycles. The Balaban J connectivity index is 2.52. The average Bonchev–Trinajstić information content (AvgIpc) is 2.77. The van der Waals surface area contributed by atoms with Crippen molar-refractivity contribution in [1.82, 2.24) is 9.38 Å². The van der Waals surface area contributed by atoms with Crippen molar-refractivity contribution in [2.45, 2.75) is 13.3 Å². The van der Waals surface area contributed by atoms with E-state index >= 15 is 0 Å². The Morgan fingerprint density at radius 1 is 1.28 bits per heavy atom. The Kier molecular flexibility index (Phi) is 2.30. The highest BCUT2D eigenvalue weighted by Crippen LogP contribution is 2.21. The molecular formula is C14H12N2O2. The van der Waals surface area contributed by atoms with E-state index in [1.807, 2.05) is 47.7 Å². The summed E-state index contributed by atoms with van der Waals surface area (Å²) in [7, 11) is 0. The lowest BCUT2D eigenvalue weighted by Gasteiger charge is -2.04. The Bertz CT molecular complexity index is 759. The van der Waals surface area contributed by atoms with E-state index in [1.165, 1.54) is 0 Å². The summed E-state index contributed by atoms with van der Waals surface area (Å²) in [4.78, 5) is 15.4. The van der Waals surface area contributed by atoms with Gasteiger partial charge < -0.3 is 5.11 Å². The third-order valence-corrected chi connectivity index (χ3v) is 3.13. The predicted octanol–water partition coefficient (Wildman–Crippen LogP) is 2.75. The molecule has 0 aliphatic rings. The Hall–Kier alpha value is -2.36. The van der Waals surface area contributed by atoms with E-state index < -0.39 is 5.97 Å². The van der Waals surface area contributed by atoms with Crippen LogP contribution in [0.2, 0.25) is 0 Å². The number of para-hydroxylation sites is 1. The van der Waals surface area contributed by atoms with Gasteiger partial charge in [0.25, 0.3) is 0 Å². The number of fused-ring (bicyclic) bond motifs is 3. The number of benzene rings is 1. The smallest absolute Gasteiger partial charge is 0.356 e. The first-order valence-corrected chi connectivity index (χ1v) is 5.84. The molecule has 1 N–H and O–H groups in total. The Morgan fingerprint density at radius 2 is 2.06 bits per heavy atom. The normalized spacial score (nSPS) is 11.2. The number of hydrogen-bond acceptors (Lipinski definition) is 2. The van der Waals surface area contributed by atoms with Gasteiger partial charge in [-0.3, -0.25) is 4.40 Å². The van der Waals surface area contributed by atoms with Gasteiger partial charge in [-0.05, 0) is 30.0 Å². The van der Waals surface area contributed by atoms with Crippen molar-refractivity contribution in [1.29, 1.82) is 0 Å². The van der Waals surface area contributed by atoms with Gasteiger partial charge in [0.2, 0.25) is 0 Å². The zero-order valence-electron chi connectivity index (χ0n) is 9.92. The van der Waals surface area contributed by atoms with Crippen LogP contribution in [0.3, 0.4) is 0 Å². The number of hydrogen-bond donors (Lipinski definition) is 1. The maximum atomic E-state index is 11.2. The molecule has 0 bridgehead atoms. The zero-order valence-corrected chi connectivity index (χ0v) is 9.92. The summed E-state index contributed by atoms with van der Waals surface area (Å²) < 4.78 is 1.93. The molecule has 2 aromatic heterocycles. The molecule has 2 heterocycles. The van der Waals surface area contributed by atoms with Crippen LogP contribution in [0.5, 0.6) is 0 Å². The maximum absolute atomic E-state index is 11.2. The highest BCUT2D eigenvalue weighted by molar-refractivity contribution is 5.90. The van der Waals surface area contributed by atoms with Crippen LogP contribution in [0.15, 0.2) is 36.4 Å². The molecule has 0 unspecified atom stereocenters. The first-order chi connectivity index (χ1) is 8.72.